The molecule has 14 heavy (non-hydrogen) atoms. The van der Waals surface area contributed by atoms with E-state index >= 15 is 0 Å². The molecule has 1 aromatic rings. The van der Waals surface area contributed by atoms with Crippen LogP contribution >= 0.6 is 11.8 Å². The van der Waals surface area contributed by atoms with Gasteiger partial charge in [0.2, 0.25) is 0 Å². The first-order chi connectivity index (χ1) is 6.72. The normalized spacial score (nSPS) is 16.6. The summed E-state index contributed by atoms with van der Waals surface area (Å²) in [5.74, 6) is 0.892. The van der Waals surface area contributed by atoms with Crippen LogP contribution in [0.3, 0.4) is 0 Å². The number of thioether (sulfide) groups is 1. The molecule has 5 heteroatoms. The van der Waals surface area contributed by atoms with Gasteiger partial charge < -0.3 is 10.3 Å². The fourth-order valence-corrected chi connectivity index (χ4v) is 2.57. The minimum Gasteiger partial charge on any atom is -0.324 e. The second kappa shape index (κ2) is 3.90. The van der Waals surface area contributed by atoms with Crippen LogP contribution < -0.4 is 5.73 Å². The van der Waals surface area contributed by atoms with Gasteiger partial charge in [-0.05, 0) is 26.7 Å². The van der Waals surface area contributed by atoms with Crippen LogP contribution in [0.15, 0.2) is 5.16 Å². The van der Waals surface area contributed by atoms with E-state index in [1.807, 2.05) is 11.8 Å². The third-order valence-electron chi connectivity index (χ3n) is 2.23. The van der Waals surface area contributed by atoms with Crippen molar-refractivity contribution in [3.05, 3.63) is 5.82 Å². The van der Waals surface area contributed by atoms with Crippen LogP contribution in [0.5, 0.6) is 0 Å². The summed E-state index contributed by atoms with van der Waals surface area (Å²) in [7, 11) is 0. The molecule has 1 fully saturated rings. The van der Waals surface area contributed by atoms with Gasteiger partial charge in [-0.3, -0.25) is 0 Å². The summed E-state index contributed by atoms with van der Waals surface area (Å²) in [6.07, 6.45) is 2.63. The molecular formula is C9H16N4S. The summed E-state index contributed by atoms with van der Waals surface area (Å²) in [5.41, 5.74) is 5.62. The van der Waals surface area contributed by atoms with Crippen LogP contribution in [0.1, 0.15) is 38.6 Å². The highest BCUT2D eigenvalue weighted by Gasteiger charge is 2.26. The van der Waals surface area contributed by atoms with E-state index in [0.29, 0.717) is 12.6 Å². The molecule has 0 radical (unpaired) electrons. The number of rotatable bonds is 4. The summed E-state index contributed by atoms with van der Waals surface area (Å²) in [5, 5.41) is 10.1. The number of hydrogen-bond donors (Lipinski definition) is 1. The van der Waals surface area contributed by atoms with Gasteiger partial charge in [-0.15, -0.1) is 10.2 Å². The Morgan fingerprint density at radius 1 is 1.50 bits per heavy atom. The third kappa shape index (κ3) is 1.93. The number of hydrogen-bond acceptors (Lipinski definition) is 4. The summed E-state index contributed by atoms with van der Waals surface area (Å²) < 4.78 is 2.14. The fourth-order valence-electron chi connectivity index (χ4n) is 1.38. The van der Waals surface area contributed by atoms with Gasteiger partial charge in [0, 0.05) is 11.3 Å². The van der Waals surface area contributed by atoms with Gasteiger partial charge in [-0.25, -0.2) is 0 Å². The van der Waals surface area contributed by atoms with E-state index in [9.17, 15) is 0 Å². The van der Waals surface area contributed by atoms with E-state index in [1.54, 1.807) is 0 Å². The maximum Gasteiger partial charge on any atom is 0.191 e. The average Bonchev–Trinajstić information content (AvgIpc) is 2.83. The van der Waals surface area contributed by atoms with Crippen molar-refractivity contribution in [3.8, 4) is 0 Å². The van der Waals surface area contributed by atoms with Crippen molar-refractivity contribution >= 4 is 11.8 Å². The lowest BCUT2D eigenvalue weighted by molar-refractivity contribution is 0.526. The van der Waals surface area contributed by atoms with E-state index in [1.165, 1.54) is 12.8 Å². The lowest BCUT2D eigenvalue weighted by atomic mass is 10.4. The van der Waals surface area contributed by atoms with Crippen molar-refractivity contribution < 1.29 is 0 Å². The van der Waals surface area contributed by atoms with E-state index in [4.69, 9.17) is 5.73 Å². The van der Waals surface area contributed by atoms with E-state index < -0.39 is 0 Å². The van der Waals surface area contributed by atoms with Crippen LogP contribution in [0, 0.1) is 0 Å². The van der Waals surface area contributed by atoms with Gasteiger partial charge in [0.15, 0.2) is 5.16 Å². The SMILES string of the molecule is CC(C)n1c(CN)nnc1SC1CC1. The van der Waals surface area contributed by atoms with Gasteiger partial charge in [0.1, 0.15) is 5.82 Å². The highest BCUT2D eigenvalue weighted by Crippen LogP contribution is 2.39. The van der Waals surface area contributed by atoms with E-state index in [-0.39, 0.29) is 0 Å². The summed E-state index contributed by atoms with van der Waals surface area (Å²) in [6.45, 7) is 4.75. The zero-order valence-corrected chi connectivity index (χ0v) is 9.42. The van der Waals surface area contributed by atoms with Gasteiger partial charge in [-0.1, -0.05) is 11.8 Å². The minimum absolute atomic E-state index is 0.393. The van der Waals surface area contributed by atoms with Crippen molar-refractivity contribution in [1.29, 1.82) is 0 Å². The molecule has 0 aromatic carbocycles. The Balaban J connectivity index is 2.23. The van der Waals surface area contributed by atoms with Gasteiger partial charge in [0.25, 0.3) is 0 Å². The molecule has 2 rings (SSSR count). The molecule has 1 saturated carbocycles. The topological polar surface area (TPSA) is 56.7 Å². The molecule has 0 unspecified atom stereocenters. The molecule has 0 spiro atoms. The van der Waals surface area contributed by atoms with Crippen LogP contribution in [0.4, 0.5) is 0 Å². The molecule has 4 nitrogen and oxygen atoms in total. The van der Waals surface area contributed by atoms with Crippen molar-refractivity contribution in [2.75, 3.05) is 0 Å². The van der Waals surface area contributed by atoms with Crippen molar-refractivity contribution in [1.82, 2.24) is 14.8 Å². The van der Waals surface area contributed by atoms with Crippen LogP contribution in [-0.2, 0) is 6.54 Å². The molecule has 1 aliphatic rings. The predicted octanol–water partition coefficient (Wildman–Crippen LogP) is 1.57. The summed E-state index contributed by atoms with van der Waals surface area (Å²) in [4.78, 5) is 0. The fraction of sp³-hybridized carbons (Fsp3) is 0.778. The maximum atomic E-state index is 5.62. The highest BCUT2D eigenvalue weighted by atomic mass is 32.2. The molecule has 1 heterocycles. The Morgan fingerprint density at radius 2 is 2.21 bits per heavy atom. The second-order valence-electron chi connectivity index (χ2n) is 3.88. The third-order valence-corrected chi connectivity index (χ3v) is 3.52. The Labute approximate surface area is 88.3 Å². The first-order valence-corrected chi connectivity index (χ1v) is 5.91. The predicted molar refractivity (Wildman–Crippen MR) is 57.2 cm³/mol. The maximum absolute atomic E-state index is 5.62. The molecule has 1 aliphatic carbocycles. The zero-order chi connectivity index (χ0) is 10.1. The Kier molecular flexibility index (Phi) is 2.78. The van der Waals surface area contributed by atoms with E-state index in [0.717, 1.165) is 16.2 Å². The Morgan fingerprint density at radius 3 is 2.71 bits per heavy atom. The molecule has 0 saturated heterocycles. The molecule has 0 bridgehead atoms. The molecule has 0 aliphatic heterocycles. The smallest absolute Gasteiger partial charge is 0.191 e. The lowest BCUT2D eigenvalue weighted by Crippen LogP contribution is -2.11. The number of nitrogens with zero attached hydrogens (tertiary/aromatic N) is 3. The molecule has 1 aromatic heterocycles. The van der Waals surface area contributed by atoms with Gasteiger partial charge in [0.05, 0.1) is 6.54 Å². The molecule has 0 atom stereocenters. The second-order valence-corrected chi connectivity index (χ2v) is 5.15. The first kappa shape index (κ1) is 9.98. The molecule has 78 valence electrons. The number of aromatic nitrogens is 3. The lowest BCUT2D eigenvalue weighted by Gasteiger charge is -2.12. The largest absolute Gasteiger partial charge is 0.324 e. The molecule has 0 amide bonds. The Bertz CT molecular complexity index is 317. The average molecular weight is 212 g/mol. The monoisotopic (exact) mass is 212 g/mol. The van der Waals surface area contributed by atoms with Gasteiger partial charge >= 0.3 is 0 Å². The highest BCUT2D eigenvalue weighted by molar-refractivity contribution is 8.00. The minimum atomic E-state index is 0.393. The standard InChI is InChI=1S/C9H16N4S/c1-6(2)13-8(5-10)11-12-9(13)14-7-3-4-7/h6-7H,3-5,10H2,1-2H3. The van der Waals surface area contributed by atoms with Crippen molar-refractivity contribution in [3.63, 3.8) is 0 Å². The molecular weight excluding hydrogens is 196 g/mol. The van der Waals surface area contributed by atoms with Gasteiger partial charge in [-0.2, -0.15) is 0 Å². The molecule has 2 N–H and O–H groups in total. The quantitative estimate of drug-likeness (QED) is 0.823. The zero-order valence-electron chi connectivity index (χ0n) is 8.60. The Hall–Kier alpha value is -0.550. The van der Waals surface area contributed by atoms with Crippen LogP contribution in [0.25, 0.3) is 0 Å². The van der Waals surface area contributed by atoms with Crippen LogP contribution in [-0.4, -0.2) is 20.0 Å². The van der Waals surface area contributed by atoms with Crippen molar-refractivity contribution in [2.45, 2.75) is 49.7 Å². The van der Waals surface area contributed by atoms with Crippen LogP contribution in [0.2, 0.25) is 0 Å². The summed E-state index contributed by atoms with van der Waals surface area (Å²) >= 11 is 1.83. The summed E-state index contributed by atoms with van der Waals surface area (Å²) in [6, 6.07) is 0.393. The number of nitrogens with two attached hydrogens (primary N) is 1. The van der Waals surface area contributed by atoms with E-state index in [2.05, 4.69) is 28.6 Å². The van der Waals surface area contributed by atoms with Crippen molar-refractivity contribution in [2.24, 2.45) is 5.73 Å². The first-order valence-electron chi connectivity index (χ1n) is 5.03.